The lowest BCUT2D eigenvalue weighted by atomic mass is 10.3. The van der Waals surface area contributed by atoms with Crippen molar-refractivity contribution in [1.82, 2.24) is 9.55 Å². The van der Waals surface area contributed by atoms with Crippen LogP contribution < -0.4 is 0 Å². The molecule has 0 saturated heterocycles. The van der Waals surface area contributed by atoms with Gasteiger partial charge in [-0.1, -0.05) is 0 Å². The van der Waals surface area contributed by atoms with Crippen molar-refractivity contribution < 1.29 is 13.0 Å². The Morgan fingerprint density at radius 2 is 2.06 bits per heavy atom. The van der Waals surface area contributed by atoms with Crippen LogP contribution in [0.1, 0.15) is 0 Å². The fraction of sp³-hybridized carbons (Fsp3) is 0.300. The minimum atomic E-state index is -0.960. The highest BCUT2D eigenvalue weighted by Gasteiger charge is 2.10. The van der Waals surface area contributed by atoms with Gasteiger partial charge in [0.05, 0.1) is 11.0 Å². The van der Waals surface area contributed by atoms with Crippen LogP contribution in [0.5, 0.6) is 0 Å². The summed E-state index contributed by atoms with van der Waals surface area (Å²) in [4.78, 5) is 2.79. The molecule has 0 aliphatic rings. The third kappa shape index (κ3) is 2.44. The fourth-order valence-corrected chi connectivity index (χ4v) is 2.33. The summed E-state index contributed by atoms with van der Waals surface area (Å²) in [7, 11) is -0.960. The summed E-state index contributed by atoms with van der Waals surface area (Å²) < 4.78 is 39.2. The van der Waals surface area contributed by atoms with Gasteiger partial charge in [-0.15, -0.1) is 0 Å². The molecule has 0 radical (unpaired) electrons. The van der Waals surface area contributed by atoms with Crippen LogP contribution in [0.4, 0.5) is 8.78 Å². The number of H-pyrrole nitrogens is 1. The molecule has 2 aromatic rings. The number of hydrogen-bond donors (Lipinski definition) is 1. The second-order valence-electron chi connectivity index (χ2n) is 3.64. The predicted octanol–water partition coefficient (Wildman–Crippen LogP) is 2.36. The zero-order valence-electron chi connectivity index (χ0n) is 9.00. The Kier molecular flexibility index (Phi) is 3.39. The van der Waals surface area contributed by atoms with E-state index in [1.165, 1.54) is 0 Å². The van der Waals surface area contributed by atoms with Gasteiger partial charge in [-0.25, -0.2) is 8.78 Å². The molecule has 0 aliphatic carbocycles. The molecular formula is C10H10F2N2OS2. The molecule has 17 heavy (non-hydrogen) atoms. The number of benzene rings is 1. The van der Waals surface area contributed by atoms with Crippen LogP contribution in [0.15, 0.2) is 12.1 Å². The molecule has 1 aromatic heterocycles. The molecule has 1 unspecified atom stereocenters. The monoisotopic (exact) mass is 276 g/mol. The number of aromatic amines is 1. The Bertz CT molecular complexity index is 648. The zero-order chi connectivity index (χ0) is 12.6. The lowest BCUT2D eigenvalue weighted by molar-refractivity contribution is 0.510. The van der Waals surface area contributed by atoms with Crippen LogP contribution in [0.25, 0.3) is 11.0 Å². The topological polar surface area (TPSA) is 37.8 Å². The minimum absolute atomic E-state index is 0.371. The largest absolute Gasteiger partial charge is 0.330 e. The van der Waals surface area contributed by atoms with Crippen LogP contribution >= 0.6 is 12.2 Å². The van der Waals surface area contributed by atoms with Gasteiger partial charge < -0.3 is 9.55 Å². The third-order valence-corrected chi connectivity index (χ3v) is 3.50. The average molecular weight is 276 g/mol. The molecule has 0 bridgehead atoms. The van der Waals surface area contributed by atoms with E-state index in [2.05, 4.69) is 4.98 Å². The lowest BCUT2D eigenvalue weighted by Crippen LogP contribution is -2.06. The normalized spacial score (nSPS) is 13.1. The Balaban J connectivity index is 2.54. The molecule has 7 heteroatoms. The number of imidazole rings is 1. The van der Waals surface area contributed by atoms with E-state index in [-0.39, 0.29) is 0 Å². The number of fused-ring (bicyclic) bond motifs is 1. The summed E-state index contributed by atoms with van der Waals surface area (Å²) in [6.07, 6.45) is 1.58. The number of nitrogens with one attached hydrogen (secondary N) is 1. The van der Waals surface area contributed by atoms with Gasteiger partial charge in [-0.3, -0.25) is 4.21 Å². The summed E-state index contributed by atoms with van der Waals surface area (Å²) in [6.45, 7) is 0.410. The molecule has 0 spiro atoms. The molecule has 0 fully saturated rings. The predicted molar refractivity (Wildman–Crippen MR) is 66.0 cm³/mol. The molecular weight excluding hydrogens is 266 g/mol. The summed E-state index contributed by atoms with van der Waals surface area (Å²) in [5, 5.41) is 0. The van der Waals surface area contributed by atoms with Crippen LogP contribution in [0.3, 0.4) is 0 Å². The molecule has 0 amide bonds. The van der Waals surface area contributed by atoms with Gasteiger partial charge in [0.25, 0.3) is 0 Å². The molecule has 92 valence electrons. The van der Waals surface area contributed by atoms with E-state index in [0.29, 0.717) is 28.1 Å². The highest BCUT2D eigenvalue weighted by Crippen LogP contribution is 2.18. The van der Waals surface area contributed by atoms with Crippen LogP contribution in [0.2, 0.25) is 0 Å². The zero-order valence-corrected chi connectivity index (χ0v) is 10.6. The van der Waals surface area contributed by atoms with Crippen LogP contribution in [-0.2, 0) is 17.3 Å². The van der Waals surface area contributed by atoms with Crippen molar-refractivity contribution >= 4 is 34.1 Å². The van der Waals surface area contributed by atoms with Crippen molar-refractivity contribution in [3.8, 4) is 0 Å². The van der Waals surface area contributed by atoms with Crippen molar-refractivity contribution in [3.63, 3.8) is 0 Å². The quantitative estimate of drug-likeness (QED) is 0.874. The van der Waals surface area contributed by atoms with Crippen molar-refractivity contribution in [3.05, 3.63) is 28.5 Å². The highest BCUT2D eigenvalue weighted by molar-refractivity contribution is 7.84. The molecule has 3 nitrogen and oxygen atoms in total. The summed E-state index contributed by atoms with van der Waals surface area (Å²) in [5.41, 5.74) is 0.926. The summed E-state index contributed by atoms with van der Waals surface area (Å²) >= 11 is 5.06. The van der Waals surface area contributed by atoms with E-state index in [1.54, 1.807) is 10.8 Å². The standard InChI is InChI=1S/C10H10F2N2OS2/c1-17(15)3-2-14-9-5-7(12)6(11)4-8(9)13-10(14)16/h4-5H,2-3H2,1H3,(H,13,16). The number of aryl methyl sites for hydroxylation is 1. The molecule has 1 heterocycles. The van der Waals surface area contributed by atoms with E-state index < -0.39 is 22.4 Å². The Morgan fingerprint density at radius 1 is 1.41 bits per heavy atom. The van der Waals surface area contributed by atoms with Gasteiger partial charge in [0.1, 0.15) is 0 Å². The fourth-order valence-electron chi connectivity index (χ4n) is 1.59. The smallest absolute Gasteiger partial charge is 0.178 e. The highest BCUT2D eigenvalue weighted by atomic mass is 32.2. The number of rotatable bonds is 3. The Labute approximate surface area is 104 Å². The van der Waals surface area contributed by atoms with E-state index in [4.69, 9.17) is 12.2 Å². The first kappa shape index (κ1) is 12.4. The Morgan fingerprint density at radius 3 is 2.71 bits per heavy atom. The summed E-state index contributed by atoms with van der Waals surface area (Å²) in [5.74, 6) is -1.42. The van der Waals surface area contributed by atoms with Gasteiger partial charge >= 0.3 is 0 Å². The molecule has 1 N–H and O–H groups in total. The van der Waals surface area contributed by atoms with E-state index in [9.17, 15) is 13.0 Å². The van der Waals surface area contributed by atoms with Crippen molar-refractivity contribution in [2.24, 2.45) is 0 Å². The molecule has 0 saturated carbocycles. The number of halogens is 2. The second-order valence-corrected chi connectivity index (χ2v) is 5.58. The first-order valence-corrected chi connectivity index (χ1v) is 7.00. The SMILES string of the molecule is CS(=O)CCn1c(=S)[nH]c2cc(F)c(F)cc21. The number of nitrogens with zero attached hydrogens (tertiary/aromatic N) is 1. The maximum absolute atomic E-state index is 13.1. The molecule has 1 aromatic carbocycles. The van der Waals surface area contributed by atoms with Crippen molar-refractivity contribution in [2.45, 2.75) is 6.54 Å². The van der Waals surface area contributed by atoms with Gasteiger partial charge in [0.2, 0.25) is 0 Å². The average Bonchev–Trinajstić information content (AvgIpc) is 2.52. The van der Waals surface area contributed by atoms with Crippen molar-refractivity contribution in [2.75, 3.05) is 12.0 Å². The molecule has 0 aliphatic heterocycles. The lowest BCUT2D eigenvalue weighted by Gasteiger charge is -2.02. The third-order valence-electron chi connectivity index (χ3n) is 2.42. The first-order valence-electron chi connectivity index (χ1n) is 4.86. The number of aromatic nitrogens is 2. The minimum Gasteiger partial charge on any atom is -0.330 e. The van der Waals surface area contributed by atoms with Gasteiger partial charge in [0, 0.05) is 41.5 Å². The second kappa shape index (κ2) is 4.66. The number of hydrogen-bond acceptors (Lipinski definition) is 2. The maximum Gasteiger partial charge on any atom is 0.178 e. The van der Waals surface area contributed by atoms with Gasteiger partial charge in [0.15, 0.2) is 16.4 Å². The first-order chi connectivity index (χ1) is 7.99. The van der Waals surface area contributed by atoms with Crippen molar-refractivity contribution in [1.29, 1.82) is 0 Å². The van der Waals surface area contributed by atoms with Crippen LogP contribution in [-0.4, -0.2) is 25.8 Å². The summed E-state index contributed by atoms with van der Waals surface area (Å²) in [6, 6.07) is 2.16. The van der Waals surface area contributed by atoms with Crippen LogP contribution in [0, 0.1) is 16.4 Å². The van der Waals surface area contributed by atoms with Gasteiger partial charge in [-0.2, -0.15) is 0 Å². The van der Waals surface area contributed by atoms with Gasteiger partial charge in [-0.05, 0) is 12.2 Å². The van der Waals surface area contributed by atoms with E-state index in [1.807, 2.05) is 0 Å². The molecule has 1 atom stereocenters. The van der Waals surface area contributed by atoms with E-state index >= 15 is 0 Å². The maximum atomic E-state index is 13.1. The molecule has 2 rings (SSSR count). The van der Waals surface area contributed by atoms with E-state index in [0.717, 1.165) is 12.1 Å². The Hall–Kier alpha value is -1.08.